The summed E-state index contributed by atoms with van der Waals surface area (Å²) in [5.74, 6) is -1.91. The van der Waals surface area contributed by atoms with E-state index in [9.17, 15) is 24.0 Å². The number of benzene rings is 1. The van der Waals surface area contributed by atoms with Crippen molar-refractivity contribution in [3.05, 3.63) is 35.4 Å². The highest BCUT2D eigenvalue weighted by Crippen LogP contribution is 2.29. The number of imide groups is 2. The van der Waals surface area contributed by atoms with E-state index < -0.39 is 35.8 Å². The molecule has 33 heavy (non-hydrogen) atoms. The van der Waals surface area contributed by atoms with Crippen LogP contribution in [0.2, 0.25) is 0 Å². The number of carbonyl (C=O) groups excluding carboxylic acids is 5. The molecular formula is C24H29N3O6. The summed E-state index contributed by atoms with van der Waals surface area (Å²) in [6, 6.07) is 4.87. The molecule has 176 valence electrons. The van der Waals surface area contributed by atoms with Crippen LogP contribution >= 0.6 is 0 Å². The Bertz CT molecular complexity index is 957. The average Bonchev–Trinajstić information content (AvgIpc) is 3.06. The fourth-order valence-corrected chi connectivity index (χ4v) is 5.13. The number of amides is 4. The third-order valence-corrected chi connectivity index (χ3v) is 6.85. The van der Waals surface area contributed by atoms with Crippen LogP contribution in [0.15, 0.2) is 24.3 Å². The van der Waals surface area contributed by atoms with E-state index >= 15 is 0 Å². The zero-order valence-electron chi connectivity index (χ0n) is 19.0. The van der Waals surface area contributed by atoms with E-state index in [0.29, 0.717) is 5.92 Å². The largest absolute Gasteiger partial charge is 0.468 e. The van der Waals surface area contributed by atoms with Gasteiger partial charge in [0.05, 0.1) is 18.2 Å². The second kappa shape index (κ2) is 9.43. The van der Waals surface area contributed by atoms with E-state index in [2.05, 4.69) is 11.8 Å². The number of piperidine rings is 2. The van der Waals surface area contributed by atoms with Gasteiger partial charge in [0.15, 0.2) is 0 Å². The van der Waals surface area contributed by atoms with Gasteiger partial charge >= 0.3 is 5.97 Å². The summed E-state index contributed by atoms with van der Waals surface area (Å²) >= 11 is 0. The molecule has 3 aliphatic rings. The Morgan fingerprint density at radius 1 is 1.09 bits per heavy atom. The summed E-state index contributed by atoms with van der Waals surface area (Å²) < 4.78 is 4.99. The molecule has 3 atom stereocenters. The van der Waals surface area contributed by atoms with Crippen molar-refractivity contribution in [3.8, 4) is 0 Å². The average molecular weight is 456 g/mol. The van der Waals surface area contributed by atoms with Gasteiger partial charge in [0, 0.05) is 19.5 Å². The molecule has 0 N–H and O–H groups in total. The lowest BCUT2D eigenvalue weighted by Gasteiger charge is -2.38. The van der Waals surface area contributed by atoms with Gasteiger partial charge in [-0.15, -0.1) is 0 Å². The van der Waals surface area contributed by atoms with Crippen LogP contribution < -0.4 is 0 Å². The summed E-state index contributed by atoms with van der Waals surface area (Å²) in [5.41, 5.74) is 0.535. The predicted octanol–water partition coefficient (Wildman–Crippen LogP) is 1.46. The minimum Gasteiger partial charge on any atom is -0.468 e. The lowest BCUT2D eigenvalue weighted by atomic mass is 9.97. The Hall–Kier alpha value is -3.07. The molecule has 1 aromatic carbocycles. The van der Waals surface area contributed by atoms with E-state index in [1.54, 1.807) is 24.3 Å². The number of hydrogen-bond acceptors (Lipinski definition) is 7. The maximum atomic E-state index is 13.3. The normalized spacial score (nSPS) is 24.8. The highest BCUT2D eigenvalue weighted by Gasteiger charge is 2.47. The number of methoxy groups -OCH3 is 1. The van der Waals surface area contributed by atoms with Gasteiger partial charge in [0.1, 0.15) is 12.1 Å². The first-order valence-corrected chi connectivity index (χ1v) is 11.5. The SMILES string of the molecule is COC(=O)C(CCN1C(=O)CCC(N2C(=O)c3ccccc3C2=O)C1=O)N1CCCC(C)C1. The van der Waals surface area contributed by atoms with Gasteiger partial charge in [-0.05, 0) is 50.3 Å². The van der Waals surface area contributed by atoms with Gasteiger partial charge < -0.3 is 4.74 Å². The number of rotatable bonds is 6. The van der Waals surface area contributed by atoms with Crippen molar-refractivity contribution in [2.75, 3.05) is 26.7 Å². The van der Waals surface area contributed by atoms with Gasteiger partial charge in [0.2, 0.25) is 5.91 Å². The third-order valence-electron chi connectivity index (χ3n) is 6.85. The zero-order chi connectivity index (χ0) is 23.7. The number of esters is 1. The molecule has 0 radical (unpaired) electrons. The lowest BCUT2D eigenvalue weighted by molar-refractivity contribution is -0.154. The Kier molecular flexibility index (Phi) is 6.60. The second-order valence-electron chi connectivity index (χ2n) is 9.03. The minimum atomic E-state index is -1.03. The van der Waals surface area contributed by atoms with Crippen molar-refractivity contribution < 1.29 is 28.7 Å². The van der Waals surface area contributed by atoms with Crippen molar-refractivity contribution in [1.29, 1.82) is 0 Å². The third kappa shape index (κ3) is 4.29. The molecule has 3 aliphatic heterocycles. The topological polar surface area (TPSA) is 104 Å². The monoisotopic (exact) mass is 455 g/mol. The van der Waals surface area contributed by atoms with Crippen molar-refractivity contribution in [2.24, 2.45) is 5.92 Å². The number of nitrogens with zero attached hydrogens (tertiary/aromatic N) is 3. The molecular weight excluding hydrogens is 426 g/mol. The molecule has 3 unspecified atom stereocenters. The van der Waals surface area contributed by atoms with Crippen molar-refractivity contribution >= 4 is 29.6 Å². The molecule has 0 aliphatic carbocycles. The molecule has 4 amide bonds. The fourth-order valence-electron chi connectivity index (χ4n) is 5.13. The van der Waals surface area contributed by atoms with Gasteiger partial charge in [-0.25, -0.2) is 0 Å². The number of ether oxygens (including phenoxy) is 1. The summed E-state index contributed by atoms with van der Waals surface area (Å²) in [5, 5.41) is 0. The van der Waals surface area contributed by atoms with Crippen LogP contribution in [-0.2, 0) is 19.1 Å². The quantitative estimate of drug-likeness (QED) is 0.472. The van der Waals surface area contributed by atoms with E-state index in [4.69, 9.17) is 4.74 Å². The summed E-state index contributed by atoms with van der Waals surface area (Å²) in [6.07, 6.45) is 2.45. The van der Waals surface area contributed by atoms with Crippen molar-refractivity contribution in [3.63, 3.8) is 0 Å². The Balaban J connectivity index is 1.49. The van der Waals surface area contributed by atoms with Crippen LogP contribution in [0.3, 0.4) is 0 Å². The molecule has 4 rings (SSSR count). The summed E-state index contributed by atoms with van der Waals surface area (Å²) in [6.45, 7) is 3.66. The zero-order valence-corrected chi connectivity index (χ0v) is 19.0. The van der Waals surface area contributed by atoms with Crippen LogP contribution in [0.1, 0.15) is 59.7 Å². The summed E-state index contributed by atoms with van der Waals surface area (Å²) in [7, 11) is 1.33. The number of hydrogen-bond donors (Lipinski definition) is 0. The van der Waals surface area contributed by atoms with Gasteiger partial charge in [0.25, 0.3) is 17.7 Å². The molecule has 9 nitrogen and oxygen atoms in total. The second-order valence-corrected chi connectivity index (χ2v) is 9.03. The molecule has 1 aromatic rings. The van der Waals surface area contributed by atoms with Gasteiger partial charge in [-0.1, -0.05) is 19.1 Å². The first-order chi connectivity index (χ1) is 15.8. The molecule has 2 fully saturated rings. The Labute approximate surface area is 192 Å². The van der Waals surface area contributed by atoms with Gasteiger partial charge in [-0.2, -0.15) is 0 Å². The van der Waals surface area contributed by atoms with Crippen LogP contribution in [0, 0.1) is 5.92 Å². The number of fused-ring (bicyclic) bond motifs is 1. The highest BCUT2D eigenvalue weighted by atomic mass is 16.5. The molecule has 0 aromatic heterocycles. The predicted molar refractivity (Wildman–Crippen MR) is 117 cm³/mol. The van der Waals surface area contributed by atoms with Crippen molar-refractivity contribution in [1.82, 2.24) is 14.7 Å². The molecule has 0 bridgehead atoms. The van der Waals surface area contributed by atoms with E-state index in [-0.39, 0.29) is 42.8 Å². The first kappa shape index (κ1) is 23.1. The van der Waals surface area contributed by atoms with Crippen LogP contribution in [0.5, 0.6) is 0 Å². The Morgan fingerprint density at radius 2 is 1.76 bits per heavy atom. The van der Waals surface area contributed by atoms with Crippen LogP contribution in [0.25, 0.3) is 0 Å². The lowest BCUT2D eigenvalue weighted by Crippen LogP contribution is -2.57. The number of carbonyl (C=O) groups is 5. The summed E-state index contributed by atoms with van der Waals surface area (Å²) in [4.78, 5) is 68.2. The van der Waals surface area contributed by atoms with E-state index in [0.717, 1.165) is 35.7 Å². The molecule has 0 saturated carbocycles. The van der Waals surface area contributed by atoms with Crippen molar-refractivity contribution in [2.45, 2.75) is 51.1 Å². The van der Waals surface area contributed by atoms with E-state index in [1.807, 2.05) is 0 Å². The minimum absolute atomic E-state index is 0.0297. The maximum absolute atomic E-state index is 13.3. The fraction of sp³-hybridized carbons (Fsp3) is 0.542. The molecule has 2 saturated heterocycles. The first-order valence-electron chi connectivity index (χ1n) is 11.5. The standard InChI is InChI=1S/C24H29N3O6/c1-15-6-5-12-25(14-15)19(24(32)33-2)11-13-26-20(28)10-9-18(23(26)31)27-21(29)16-7-3-4-8-17(16)22(27)30/h3-4,7-8,15,18-19H,5-6,9-14H2,1-2H3. The molecule has 3 heterocycles. The molecule has 0 spiro atoms. The van der Waals surface area contributed by atoms with E-state index in [1.165, 1.54) is 7.11 Å². The number of likely N-dealkylation sites (tertiary alicyclic amines) is 2. The Morgan fingerprint density at radius 3 is 2.36 bits per heavy atom. The van der Waals surface area contributed by atoms with Crippen LogP contribution in [0.4, 0.5) is 0 Å². The van der Waals surface area contributed by atoms with Crippen LogP contribution in [-0.4, -0.2) is 83.1 Å². The maximum Gasteiger partial charge on any atom is 0.323 e. The smallest absolute Gasteiger partial charge is 0.323 e. The highest BCUT2D eigenvalue weighted by molar-refractivity contribution is 6.23. The van der Waals surface area contributed by atoms with Gasteiger partial charge in [-0.3, -0.25) is 38.7 Å². The molecule has 9 heteroatoms.